The summed E-state index contributed by atoms with van der Waals surface area (Å²) in [5, 5.41) is 0. The Labute approximate surface area is 500 Å². The fourth-order valence-electron chi connectivity index (χ4n) is 9.28. The summed E-state index contributed by atoms with van der Waals surface area (Å²) in [6.45, 7) is 13.7. The van der Waals surface area contributed by atoms with Gasteiger partial charge in [0.05, 0.1) is 0 Å². The van der Waals surface area contributed by atoms with Crippen LogP contribution in [-0.4, -0.2) is 41.8 Å². The van der Waals surface area contributed by atoms with Crippen molar-refractivity contribution < 1.29 is 74.5 Å². The molecule has 0 bridgehead atoms. The molecule has 0 aliphatic heterocycles. The number of halogens is 10. The Balaban J connectivity index is 1.11. The Morgan fingerprint density at radius 2 is 0.565 bits per heavy atom. The predicted molar refractivity (Wildman–Crippen MR) is 319 cm³/mol. The zero-order valence-electron chi connectivity index (χ0n) is 46.6. The molecule has 0 spiro atoms. The SMILES string of the molecule is Cc1cccc(S(OS(=O)(=O)C(F)(F)F)(c2ccc(Cc3ccc(I(OS(=O)(=O)C(F)(F)F)c4ccc(Cc5ccc(S(OS(=O)(=O)C(F)(F)F)(c6cccc(C)c6C)c6cccc(C)c6C)cc5)cc4)cc3)cc2)c2cccc(C)c2C)c1C. The minimum absolute atomic E-state index is 0.140. The van der Waals surface area contributed by atoms with Crippen molar-refractivity contribution in [3.8, 4) is 0 Å². The van der Waals surface area contributed by atoms with Gasteiger partial charge in [-0.25, -0.2) is 0 Å². The van der Waals surface area contributed by atoms with Gasteiger partial charge < -0.3 is 0 Å². The maximum atomic E-state index is 14.4. The molecule has 9 nitrogen and oxygen atoms in total. The van der Waals surface area contributed by atoms with Crippen molar-refractivity contribution in [2.45, 2.75) is 114 Å². The Morgan fingerprint density at radius 1 is 0.329 bits per heavy atom. The summed E-state index contributed by atoms with van der Waals surface area (Å²) >= 11 is -3.98. The van der Waals surface area contributed by atoms with Crippen LogP contribution >= 0.6 is 40.9 Å². The molecule has 0 aliphatic rings. The summed E-state index contributed by atoms with van der Waals surface area (Å²) in [4.78, 5) is 1.22. The van der Waals surface area contributed by atoms with Gasteiger partial charge in [-0.2, -0.15) is 43.2 Å². The Bertz CT molecular complexity index is 3790. The number of benzene rings is 8. The van der Waals surface area contributed by atoms with Crippen LogP contribution in [0.4, 0.5) is 39.5 Å². The molecule has 8 rings (SSSR count). The average molecular weight is 1390 g/mol. The molecule has 0 unspecified atom stereocenters. The van der Waals surface area contributed by atoms with E-state index in [0.717, 1.165) is 0 Å². The zero-order chi connectivity index (χ0) is 62.5. The minimum atomic E-state index is -6.23. The van der Waals surface area contributed by atoms with Gasteiger partial charge in [-0.1, -0.05) is 48.5 Å². The van der Waals surface area contributed by atoms with E-state index in [2.05, 4.69) is 0 Å². The molecular formula is C61H56F9IO9S5. The summed E-state index contributed by atoms with van der Waals surface area (Å²) in [6, 6.07) is 44.1. The quantitative estimate of drug-likeness (QED) is 0.0468. The number of aryl methyl sites for hydroxylation is 4. The Kier molecular flexibility index (Phi) is 18.8. The van der Waals surface area contributed by atoms with Crippen LogP contribution in [0.3, 0.4) is 0 Å². The van der Waals surface area contributed by atoms with Crippen LogP contribution in [0.2, 0.25) is 0 Å². The third kappa shape index (κ3) is 13.1. The average Bonchev–Trinajstić information content (AvgIpc) is 1.10. The topological polar surface area (TPSA) is 130 Å². The number of rotatable bonds is 18. The van der Waals surface area contributed by atoms with Gasteiger partial charge in [0.25, 0.3) is 0 Å². The van der Waals surface area contributed by atoms with Crippen LogP contribution in [0.25, 0.3) is 0 Å². The molecule has 0 N–H and O–H groups in total. The van der Waals surface area contributed by atoms with E-state index < -0.39 is 87.7 Å². The van der Waals surface area contributed by atoms with Gasteiger partial charge in [-0.15, -0.1) is 0 Å². The molecule has 0 saturated carbocycles. The summed E-state index contributed by atoms with van der Waals surface area (Å²) in [6.07, 6.45) is 0.310. The molecule has 24 heteroatoms. The maximum absolute atomic E-state index is 14.4. The smallest absolute Gasteiger partial charge is 0.0608 e. The van der Waals surface area contributed by atoms with E-state index in [1.54, 1.807) is 177 Å². The molecule has 454 valence electrons. The summed E-state index contributed by atoms with van der Waals surface area (Å²) < 4.78 is 223. The van der Waals surface area contributed by atoms with Crippen LogP contribution < -0.4 is 0 Å². The van der Waals surface area contributed by atoms with Gasteiger partial charge in [-0.3, -0.25) is 0 Å². The molecule has 0 aromatic heterocycles. The second-order valence-corrected chi connectivity index (χ2v) is 35.2. The van der Waals surface area contributed by atoms with Crippen LogP contribution in [0.15, 0.2) is 199 Å². The molecule has 85 heavy (non-hydrogen) atoms. The molecule has 0 fully saturated rings. The zero-order valence-corrected chi connectivity index (χ0v) is 52.8. The standard InChI is InChI=1S/C61H56F9IO9S5/c1-39-13-9-17-55(43(39)5)81(79-84(74,75)60(65,66)67,56-18-10-14-40(2)44(56)6)53-33-25-49(26-34-53)37-47-21-29-51(30-22-47)71(78-83(72,73)59(62,63)64)52-31-23-48(24-32-52)38-50-27-35-54(36-28-50)82(80-85(76,77)61(68,69)70,57-19-11-15-41(3)45(57)7)58-20-12-16-42(4)46(58)8/h9-36H,37-38H2,1-8H3. The van der Waals surface area contributed by atoms with Crippen molar-refractivity contribution in [2.24, 2.45) is 0 Å². The van der Waals surface area contributed by atoms with E-state index in [0.29, 0.717) is 66.8 Å². The van der Waals surface area contributed by atoms with Crippen molar-refractivity contribution in [1.29, 1.82) is 0 Å². The van der Waals surface area contributed by atoms with Gasteiger partial charge >= 0.3 is 334 Å². The van der Waals surface area contributed by atoms with E-state index in [1.165, 1.54) is 48.5 Å². The fraction of sp³-hybridized carbons (Fsp3) is 0.213. The summed E-state index contributed by atoms with van der Waals surface area (Å²) in [7, 11) is -26.0. The molecule has 8 aromatic rings. The summed E-state index contributed by atoms with van der Waals surface area (Å²) in [5.41, 5.74) is -10.2. The van der Waals surface area contributed by atoms with Gasteiger partial charge in [0.1, 0.15) is 0 Å². The molecule has 0 radical (unpaired) electrons. The van der Waals surface area contributed by atoms with Gasteiger partial charge in [-0.05, 0) is 77.6 Å². The monoisotopic (exact) mass is 1390 g/mol. The third-order valence-corrected chi connectivity index (χ3v) is 31.8. The molecule has 0 aliphatic carbocycles. The van der Waals surface area contributed by atoms with E-state index in [1.807, 2.05) is 0 Å². The van der Waals surface area contributed by atoms with Crippen LogP contribution in [-0.2, 0) is 53.0 Å². The van der Waals surface area contributed by atoms with Crippen molar-refractivity contribution in [3.05, 3.63) is 244 Å². The molecular weight excluding hydrogens is 1330 g/mol. The first kappa shape index (κ1) is 65.3. The van der Waals surface area contributed by atoms with E-state index in [-0.39, 0.29) is 49.4 Å². The molecule has 0 atom stereocenters. The molecule has 0 amide bonds. The van der Waals surface area contributed by atoms with Crippen LogP contribution in [0.1, 0.15) is 66.8 Å². The van der Waals surface area contributed by atoms with Gasteiger partial charge in [0.15, 0.2) is 0 Å². The van der Waals surface area contributed by atoms with E-state index in [9.17, 15) is 64.8 Å². The van der Waals surface area contributed by atoms with Crippen LogP contribution in [0, 0.1) is 62.5 Å². The Hall–Kier alpha value is -5.71. The number of hydrogen-bond acceptors (Lipinski definition) is 9. The first-order valence-electron chi connectivity index (χ1n) is 25.6. The molecule has 0 saturated heterocycles. The third-order valence-electron chi connectivity index (χ3n) is 14.4. The fourth-order valence-corrected chi connectivity index (χ4v) is 26.2. The van der Waals surface area contributed by atoms with Crippen molar-refractivity contribution >= 4 is 71.2 Å². The summed E-state index contributed by atoms with van der Waals surface area (Å²) in [5.74, 6) is 0. The van der Waals surface area contributed by atoms with Crippen LogP contribution in [0.5, 0.6) is 0 Å². The predicted octanol–water partition coefficient (Wildman–Crippen LogP) is 17.8. The van der Waals surface area contributed by atoms with E-state index >= 15 is 0 Å². The van der Waals surface area contributed by atoms with Gasteiger partial charge in [0.2, 0.25) is 0 Å². The first-order valence-corrected chi connectivity index (χ1v) is 36.0. The van der Waals surface area contributed by atoms with Crippen molar-refractivity contribution in [3.63, 3.8) is 0 Å². The first-order chi connectivity index (χ1) is 39.5. The van der Waals surface area contributed by atoms with Crippen molar-refractivity contribution in [1.82, 2.24) is 0 Å². The normalized spacial score (nSPS) is 13.6. The second-order valence-electron chi connectivity index (χ2n) is 19.9. The Morgan fingerprint density at radius 3 is 0.800 bits per heavy atom. The van der Waals surface area contributed by atoms with Crippen molar-refractivity contribution in [2.75, 3.05) is 0 Å². The molecule has 0 heterocycles. The number of alkyl halides is 9. The van der Waals surface area contributed by atoms with E-state index in [4.69, 9.17) is 9.77 Å². The molecule has 8 aromatic carbocycles. The minimum Gasteiger partial charge on any atom is -0.0608 e. The second kappa shape index (κ2) is 24.5. The number of hydrogen-bond donors (Lipinski definition) is 0. The van der Waals surface area contributed by atoms with Gasteiger partial charge in [0, 0.05) is 0 Å².